The van der Waals surface area contributed by atoms with Gasteiger partial charge in [-0.25, -0.2) is 0 Å². The van der Waals surface area contributed by atoms with Gasteiger partial charge in [-0.2, -0.15) is 0 Å². The highest BCUT2D eigenvalue weighted by Crippen LogP contribution is 2.67. The van der Waals surface area contributed by atoms with Gasteiger partial charge in [-0.3, -0.25) is 4.79 Å². The number of aliphatic carboxylic acids is 1. The fourth-order valence-electron chi connectivity index (χ4n) is 7.61. The Bertz CT molecular complexity index is 534. The van der Waals surface area contributed by atoms with Gasteiger partial charge in [-0.05, 0) is 80.5 Å². The molecular formula is C20H32O4. The van der Waals surface area contributed by atoms with Crippen LogP contribution in [0.1, 0.15) is 65.2 Å². The third-order valence-corrected chi connectivity index (χ3v) is 9.04. The number of aliphatic hydroxyl groups is 2. The zero-order valence-corrected chi connectivity index (χ0v) is 14.9. The van der Waals surface area contributed by atoms with Crippen LogP contribution in [0.4, 0.5) is 0 Å². The molecule has 136 valence electrons. The fourth-order valence-corrected chi connectivity index (χ4v) is 7.61. The first-order valence-corrected chi connectivity index (χ1v) is 9.87. The molecule has 0 unspecified atom stereocenters. The maximum Gasteiger partial charge on any atom is 0.307 e. The Balaban J connectivity index is 1.66. The van der Waals surface area contributed by atoms with Crippen molar-refractivity contribution in [2.45, 2.75) is 77.4 Å². The summed E-state index contributed by atoms with van der Waals surface area (Å²) in [6.45, 7) is 4.43. The van der Waals surface area contributed by atoms with Crippen molar-refractivity contribution in [3.05, 3.63) is 0 Å². The Morgan fingerprint density at radius 3 is 2.42 bits per heavy atom. The lowest BCUT2D eigenvalue weighted by molar-refractivity contribution is -0.180. The molecule has 0 heterocycles. The SMILES string of the molecule is C[C@]12CC[C@@H](O)C[C@H]1CC[C@@H]1[C@@H]2C[C@H](O)[C@]2(C)[C@@H](C(=O)O)CC[C@@H]12. The third kappa shape index (κ3) is 2.08. The Kier molecular flexibility index (Phi) is 3.82. The summed E-state index contributed by atoms with van der Waals surface area (Å²) in [5.74, 6) is 0.840. The van der Waals surface area contributed by atoms with Gasteiger partial charge < -0.3 is 15.3 Å². The van der Waals surface area contributed by atoms with Crippen molar-refractivity contribution >= 4 is 5.97 Å². The van der Waals surface area contributed by atoms with Crippen LogP contribution in [-0.2, 0) is 4.79 Å². The predicted octanol–water partition coefficient (Wildman–Crippen LogP) is 3.06. The largest absolute Gasteiger partial charge is 0.481 e. The van der Waals surface area contributed by atoms with E-state index in [-0.39, 0.29) is 11.5 Å². The van der Waals surface area contributed by atoms with Gasteiger partial charge in [0.05, 0.1) is 18.1 Å². The minimum atomic E-state index is -0.724. The van der Waals surface area contributed by atoms with E-state index >= 15 is 0 Å². The molecule has 0 spiro atoms. The van der Waals surface area contributed by atoms with E-state index in [0.29, 0.717) is 23.7 Å². The van der Waals surface area contributed by atoms with Crippen LogP contribution in [-0.4, -0.2) is 33.5 Å². The van der Waals surface area contributed by atoms with Gasteiger partial charge in [0.2, 0.25) is 0 Å². The van der Waals surface area contributed by atoms with Gasteiger partial charge in [-0.1, -0.05) is 13.8 Å². The Hall–Kier alpha value is -0.610. The number of carbonyl (C=O) groups is 1. The average molecular weight is 336 g/mol. The lowest BCUT2D eigenvalue weighted by atomic mass is 9.44. The molecule has 4 aliphatic rings. The van der Waals surface area contributed by atoms with Crippen molar-refractivity contribution in [1.82, 2.24) is 0 Å². The summed E-state index contributed by atoms with van der Waals surface area (Å²) < 4.78 is 0. The quantitative estimate of drug-likeness (QED) is 0.688. The van der Waals surface area contributed by atoms with Crippen molar-refractivity contribution in [3.8, 4) is 0 Å². The molecule has 0 aliphatic heterocycles. The Morgan fingerprint density at radius 1 is 0.958 bits per heavy atom. The molecule has 0 aromatic carbocycles. The number of rotatable bonds is 1. The monoisotopic (exact) mass is 336 g/mol. The number of carboxylic acids is 1. The van der Waals surface area contributed by atoms with E-state index in [2.05, 4.69) is 6.92 Å². The summed E-state index contributed by atoms with van der Waals surface area (Å²) in [6.07, 6.45) is 6.93. The number of aliphatic hydroxyl groups excluding tert-OH is 2. The van der Waals surface area contributed by atoms with Gasteiger partial charge in [0.25, 0.3) is 0 Å². The zero-order valence-electron chi connectivity index (χ0n) is 14.9. The molecule has 0 bridgehead atoms. The topological polar surface area (TPSA) is 77.8 Å². The van der Waals surface area contributed by atoms with Crippen LogP contribution in [0.5, 0.6) is 0 Å². The molecule has 4 rings (SSSR count). The average Bonchev–Trinajstić information content (AvgIpc) is 2.88. The van der Waals surface area contributed by atoms with Crippen LogP contribution in [0, 0.1) is 40.4 Å². The van der Waals surface area contributed by atoms with E-state index in [1.54, 1.807) is 0 Å². The van der Waals surface area contributed by atoms with Gasteiger partial charge in [0, 0.05) is 5.41 Å². The molecule has 0 radical (unpaired) electrons. The highest BCUT2D eigenvalue weighted by molar-refractivity contribution is 5.71. The summed E-state index contributed by atoms with van der Waals surface area (Å²) in [6, 6.07) is 0. The van der Waals surface area contributed by atoms with Crippen molar-refractivity contribution in [2.75, 3.05) is 0 Å². The number of carboxylic acid groups (broad SMARTS) is 1. The minimum Gasteiger partial charge on any atom is -0.481 e. The summed E-state index contributed by atoms with van der Waals surface area (Å²) in [4.78, 5) is 11.8. The molecule has 4 saturated carbocycles. The predicted molar refractivity (Wildman–Crippen MR) is 90.2 cm³/mol. The van der Waals surface area contributed by atoms with Crippen LogP contribution in [0.25, 0.3) is 0 Å². The van der Waals surface area contributed by atoms with E-state index < -0.39 is 23.4 Å². The molecule has 24 heavy (non-hydrogen) atoms. The molecule has 0 aromatic rings. The van der Waals surface area contributed by atoms with E-state index in [1.807, 2.05) is 6.92 Å². The first-order valence-electron chi connectivity index (χ1n) is 9.87. The lowest BCUT2D eigenvalue weighted by Crippen LogP contribution is -2.59. The third-order valence-electron chi connectivity index (χ3n) is 9.04. The standard InChI is InChI=1S/C20H32O4/c1-19-8-7-12(21)9-11(19)3-4-13-14-5-6-15(18(23)24)20(14,2)17(22)10-16(13)19/h11-17,21-22H,3-10H2,1-2H3,(H,23,24)/t11-,12-,13+,14+,15-,16+,17+,19+,20+/m1/s1. The van der Waals surface area contributed by atoms with E-state index in [1.165, 1.54) is 0 Å². The molecule has 9 atom stereocenters. The number of hydrogen-bond donors (Lipinski definition) is 3. The smallest absolute Gasteiger partial charge is 0.307 e. The van der Waals surface area contributed by atoms with E-state index in [9.17, 15) is 20.1 Å². The number of hydrogen-bond acceptors (Lipinski definition) is 3. The van der Waals surface area contributed by atoms with E-state index in [0.717, 1.165) is 51.4 Å². The lowest BCUT2D eigenvalue weighted by Gasteiger charge is -2.61. The Morgan fingerprint density at radius 2 is 1.71 bits per heavy atom. The maximum absolute atomic E-state index is 11.8. The summed E-state index contributed by atoms with van der Waals surface area (Å²) in [7, 11) is 0. The minimum absolute atomic E-state index is 0.152. The second-order valence-electron chi connectivity index (χ2n) is 9.67. The molecule has 4 heteroatoms. The van der Waals surface area contributed by atoms with Crippen LogP contribution < -0.4 is 0 Å². The first-order chi connectivity index (χ1) is 11.3. The zero-order chi connectivity index (χ0) is 17.3. The van der Waals surface area contributed by atoms with Crippen LogP contribution in [0.3, 0.4) is 0 Å². The molecule has 0 aromatic heterocycles. The van der Waals surface area contributed by atoms with Gasteiger partial charge >= 0.3 is 5.97 Å². The van der Waals surface area contributed by atoms with Crippen molar-refractivity contribution in [2.24, 2.45) is 40.4 Å². The Labute approximate surface area is 144 Å². The molecule has 0 saturated heterocycles. The highest BCUT2D eigenvalue weighted by Gasteiger charge is 2.64. The van der Waals surface area contributed by atoms with E-state index in [4.69, 9.17) is 0 Å². The van der Waals surface area contributed by atoms with Crippen LogP contribution >= 0.6 is 0 Å². The van der Waals surface area contributed by atoms with Crippen LogP contribution in [0.2, 0.25) is 0 Å². The summed E-state index contributed by atoms with van der Waals surface area (Å²) >= 11 is 0. The molecule has 4 fully saturated rings. The summed E-state index contributed by atoms with van der Waals surface area (Å²) in [5.41, 5.74) is -0.240. The molecule has 3 N–H and O–H groups in total. The maximum atomic E-state index is 11.8. The van der Waals surface area contributed by atoms with Crippen molar-refractivity contribution < 1.29 is 20.1 Å². The molecular weight excluding hydrogens is 304 g/mol. The summed E-state index contributed by atoms with van der Waals surface area (Å²) in [5, 5.41) is 30.8. The fraction of sp³-hybridized carbons (Fsp3) is 0.950. The second kappa shape index (κ2) is 5.44. The van der Waals surface area contributed by atoms with Crippen LogP contribution in [0.15, 0.2) is 0 Å². The highest BCUT2D eigenvalue weighted by atomic mass is 16.4. The number of fused-ring (bicyclic) bond motifs is 5. The van der Waals surface area contributed by atoms with Crippen molar-refractivity contribution in [3.63, 3.8) is 0 Å². The first kappa shape index (κ1) is 16.8. The molecule has 0 amide bonds. The van der Waals surface area contributed by atoms with Gasteiger partial charge in [0.15, 0.2) is 0 Å². The van der Waals surface area contributed by atoms with Gasteiger partial charge in [-0.15, -0.1) is 0 Å². The normalized spacial score (nSPS) is 56.9. The molecule has 4 nitrogen and oxygen atoms in total. The van der Waals surface area contributed by atoms with Crippen molar-refractivity contribution in [1.29, 1.82) is 0 Å². The molecule has 4 aliphatic carbocycles. The van der Waals surface area contributed by atoms with Gasteiger partial charge in [0.1, 0.15) is 0 Å². The second-order valence-corrected chi connectivity index (χ2v) is 9.67.